The van der Waals surface area contributed by atoms with E-state index in [1.165, 1.54) is 6.92 Å². The first kappa shape index (κ1) is 27.8. The molecule has 0 aliphatic carbocycles. The van der Waals surface area contributed by atoms with Gasteiger partial charge in [0.1, 0.15) is 5.82 Å². The third-order valence-electron chi connectivity index (χ3n) is 5.90. The Bertz CT molecular complexity index is 1320. The fourth-order valence-corrected chi connectivity index (χ4v) is 3.98. The fraction of sp³-hybridized carbons (Fsp3) is 0.333. The standard InChI is InChI=1S/C27H28F3N5O4/c1-17(36)39-23-24(34(2)3)32-22(33-25(23)35-12-14-38-15-13-35)16-18-4-10-21(11-5-18)31-26(37)19-6-8-20(9-7-19)27(28,29)30/h4-11H,12-16H2,1-3H3,(H,31,37). The van der Waals surface area contributed by atoms with Crippen molar-refractivity contribution in [2.75, 3.05) is 55.5 Å². The summed E-state index contributed by atoms with van der Waals surface area (Å²) in [7, 11) is 3.60. The van der Waals surface area contributed by atoms with Gasteiger partial charge in [0.25, 0.3) is 5.91 Å². The fourth-order valence-electron chi connectivity index (χ4n) is 3.98. The number of carbonyl (C=O) groups excluding carboxylic acids is 2. The molecule has 0 bridgehead atoms. The highest BCUT2D eigenvalue weighted by Crippen LogP contribution is 2.36. The highest BCUT2D eigenvalue weighted by Gasteiger charge is 2.30. The molecule has 0 radical (unpaired) electrons. The number of carbonyl (C=O) groups is 2. The van der Waals surface area contributed by atoms with Crippen molar-refractivity contribution in [1.82, 2.24) is 9.97 Å². The van der Waals surface area contributed by atoms with Gasteiger partial charge in [-0.05, 0) is 42.0 Å². The molecule has 4 rings (SSSR count). The Morgan fingerprint density at radius 3 is 2.23 bits per heavy atom. The number of rotatable bonds is 7. The molecule has 206 valence electrons. The first-order valence-corrected chi connectivity index (χ1v) is 12.2. The number of nitrogens with one attached hydrogen (secondary N) is 1. The summed E-state index contributed by atoms with van der Waals surface area (Å²) in [4.78, 5) is 37.4. The number of hydrogen-bond acceptors (Lipinski definition) is 8. The molecule has 39 heavy (non-hydrogen) atoms. The first-order chi connectivity index (χ1) is 18.5. The van der Waals surface area contributed by atoms with Crippen LogP contribution in [0.4, 0.5) is 30.5 Å². The Kier molecular flexibility index (Phi) is 8.34. The van der Waals surface area contributed by atoms with E-state index in [0.717, 1.165) is 29.8 Å². The number of anilines is 3. The van der Waals surface area contributed by atoms with Gasteiger partial charge in [0.2, 0.25) is 5.75 Å². The number of halogens is 3. The van der Waals surface area contributed by atoms with Crippen molar-refractivity contribution < 1.29 is 32.2 Å². The van der Waals surface area contributed by atoms with E-state index < -0.39 is 23.6 Å². The summed E-state index contributed by atoms with van der Waals surface area (Å²) in [6.45, 7) is 3.55. The van der Waals surface area contributed by atoms with Gasteiger partial charge in [-0.25, -0.2) is 9.97 Å². The predicted octanol–water partition coefficient (Wildman–Crippen LogP) is 4.17. The third-order valence-corrected chi connectivity index (χ3v) is 5.90. The molecule has 1 aliphatic rings. The lowest BCUT2D eigenvalue weighted by Gasteiger charge is -2.30. The molecule has 1 amide bonds. The largest absolute Gasteiger partial charge is 0.419 e. The van der Waals surface area contributed by atoms with Crippen LogP contribution in [0.3, 0.4) is 0 Å². The molecule has 2 aromatic carbocycles. The van der Waals surface area contributed by atoms with Crippen molar-refractivity contribution in [3.05, 3.63) is 71.0 Å². The van der Waals surface area contributed by atoms with Gasteiger partial charge < -0.3 is 24.6 Å². The lowest BCUT2D eigenvalue weighted by molar-refractivity contribution is -0.137. The Morgan fingerprint density at radius 1 is 1.03 bits per heavy atom. The lowest BCUT2D eigenvalue weighted by Crippen LogP contribution is -2.37. The molecule has 0 unspecified atom stereocenters. The summed E-state index contributed by atoms with van der Waals surface area (Å²) in [5.41, 5.74) is 0.638. The maximum Gasteiger partial charge on any atom is 0.416 e. The summed E-state index contributed by atoms with van der Waals surface area (Å²) >= 11 is 0. The van der Waals surface area contributed by atoms with E-state index >= 15 is 0 Å². The van der Waals surface area contributed by atoms with E-state index in [0.29, 0.717) is 61.6 Å². The Labute approximate surface area is 223 Å². The molecule has 1 aromatic heterocycles. The number of ether oxygens (including phenoxy) is 2. The molecule has 0 saturated carbocycles. The van der Waals surface area contributed by atoms with Gasteiger partial charge >= 0.3 is 12.1 Å². The normalized spacial score (nSPS) is 13.6. The molecule has 1 N–H and O–H groups in total. The van der Waals surface area contributed by atoms with Gasteiger partial charge in [-0.15, -0.1) is 0 Å². The van der Waals surface area contributed by atoms with Gasteiger partial charge in [0, 0.05) is 51.8 Å². The molecule has 1 saturated heterocycles. The number of esters is 1. The van der Waals surface area contributed by atoms with Crippen LogP contribution in [0.1, 0.15) is 34.2 Å². The highest BCUT2D eigenvalue weighted by molar-refractivity contribution is 6.04. The van der Waals surface area contributed by atoms with Crippen molar-refractivity contribution >= 4 is 29.2 Å². The molecule has 2 heterocycles. The van der Waals surface area contributed by atoms with E-state index in [-0.39, 0.29) is 5.56 Å². The van der Waals surface area contributed by atoms with Crippen LogP contribution in [0.5, 0.6) is 5.75 Å². The van der Waals surface area contributed by atoms with E-state index in [1.807, 2.05) is 4.90 Å². The van der Waals surface area contributed by atoms with Crippen LogP contribution < -0.4 is 19.9 Å². The minimum Gasteiger partial charge on any atom is -0.419 e. The van der Waals surface area contributed by atoms with Crippen LogP contribution in [0, 0.1) is 0 Å². The van der Waals surface area contributed by atoms with Crippen molar-refractivity contribution in [1.29, 1.82) is 0 Å². The quantitative estimate of drug-likeness (QED) is 0.444. The second-order valence-electron chi connectivity index (χ2n) is 9.11. The van der Waals surface area contributed by atoms with E-state index in [2.05, 4.69) is 10.3 Å². The van der Waals surface area contributed by atoms with Crippen molar-refractivity contribution in [3.8, 4) is 5.75 Å². The van der Waals surface area contributed by atoms with Gasteiger partial charge in [-0.3, -0.25) is 9.59 Å². The number of aromatic nitrogens is 2. The highest BCUT2D eigenvalue weighted by atomic mass is 19.4. The molecule has 1 fully saturated rings. The number of alkyl halides is 3. The average Bonchev–Trinajstić information content (AvgIpc) is 2.90. The van der Waals surface area contributed by atoms with Gasteiger partial charge in [-0.2, -0.15) is 13.2 Å². The summed E-state index contributed by atoms with van der Waals surface area (Å²) in [6.07, 6.45) is -4.10. The molecule has 1 aliphatic heterocycles. The van der Waals surface area contributed by atoms with Crippen LogP contribution in [-0.4, -0.2) is 62.2 Å². The summed E-state index contributed by atoms with van der Waals surface area (Å²) in [5, 5.41) is 2.68. The van der Waals surface area contributed by atoms with E-state index in [1.54, 1.807) is 43.3 Å². The zero-order chi connectivity index (χ0) is 28.2. The minimum absolute atomic E-state index is 0.111. The summed E-state index contributed by atoms with van der Waals surface area (Å²) < 4.78 is 49.3. The third kappa shape index (κ3) is 7.02. The maximum absolute atomic E-state index is 12.8. The van der Waals surface area contributed by atoms with Crippen molar-refractivity contribution in [3.63, 3.8) is 0 Å². The zero-order valence-corrected chi connectivity index (χ0v) is 21.7. The summed E-state index contributed by atoms with van der Waals surface area (Å²) in [5.74, 6) is 0.793. The average molecular weight is 544 g/mol. The molecule has 0 spiro atoms. The van der Waals surface area contributed by atoms with Crippen LogP contribution in [0.25, 0.3) is 0 Å². The molecular weight excluding hydrogens is 515 g/mol. The van der Waals surface area contributed by atoms with Gasteiger partial charge in [0.15, 0.2) is 11.6 Å². The molecule has 0 atom stereocenters. The smallest absolute Gasteiger partial charge is 0.416 e. The molecule has 9 nitrogen and oxygen atoms in total. The number of hydrogen-bond donors (Lipinski definition) is 1. The lowest BCUT2D eigenvalue weighted by atomic mass is 10.1. The number of morpholine rings is 1. The Morgan fingerprint density at radius 2 is 1.67 bits per heavy atom. The second kappa shape index (κ2) is 11.7. The number of nitrogens with zero attached hydrogens (tertiary/aromatic N) is 4. The van der Waals surface area contributed by atoms with Crippen LogP contribution in [0.2, 0.25) is 0 Å². The van der Waals surface area contributed by atoms with Crippen molar-refractivity contribution in [2.45, 2.75) is 19.5 Å². The SMILES string of the molecule is CC(=O)Oc1c(N(C)C)nc(Cc2ccc(NC(=O)c3ccc(C(F)(F)F)cc3)cc2)nc1N1CCOCC1. The van der Waals surface area contributed by atoms with E-state index in [9.17, 15) is 22.8 Å². The van der Waals surface area contributed by atoms with Crippen molar-refractivity contribution in [2.24, 2.45) is 0 Å². The second-order valence-corrected chi connectivity index (χ2v) is 9.11. The number of amides is 1. The topological polar surface area (TPSA) is 96.9 Å². The monoisotopic (exact) mass is 543 g/mol. The van der Waals surface area contributed by atoms with Gasteiger partial charge in [-0.1, -0.05) is 12.1 Å². The van der Waals surface area contributed by atoms with Crippen LogP contribution in [0.15, 0.2) is 48.5 Å². The molecule has 12 heteroatoms. The van der Waals surface area contributed by atoms with Crippen LogP contribution >= 0.6 is 0 Å². The predicted molar refractivity (Wildman–Crippen MR) is 139 cm³/mol. The van der Waals surface area contributed by atoms with Crippen LogP contribution in [-0.2, 0) is 22.1 Å². The van der Waals surface area contributed by atoms with Gasteiger partial charge in [0.05, 0.1) is 18.8 Å². The Balaban J connectivity index is 1.52. The summed E-state index contributed by atoms with van der Waals surface area (Å²) in [6, 6.07) is 11.0. The molecular formula is C27H28F3N5O4. The molecule has 3 aromatic rings. The minimum atomic E-state index is -4.47. The maximum atomic E-state index is 12.8. The van der Waals surface area contributed by atoms with E-state index in [4.69, 9.17) is 14.5 Å². The Hall–Kier alpha value is -4.19. The first-order valence-electron chi connectivity index (χ1n) is 12.2. The zero-order valence-electron chi connectivity index (χ0n) is 21.7. The number of benzene rings is 2.